The number of aliphatic imine (C=N–C) groups is 1. The van der Waals surface area contributed by atoms with Crippen LogP contribution in [-0.4, -0.2) is 66.0 Å². The Morgan fingerprint density at radius 1 is 1.12 bits per heavy atom. The van der Waals surface area contributed by atoms with E-state index in [0.717, 1.165) is 41.9 Å². The summed E-state index contributed by atoms with van der Waals surface area (Å²) in [5, 5.41) is 11.4. The molecule has 220 valence electrons. The molecule has 2 aliphatic heterocycles. The van der Waals surface area contributed by atoms with Crippen molar-refractivity contribution in [1.82, 2.24) is 4.90 Å². The van der Waals surface area contributed by atoms with E-state index in [1.165, 1.54) is 17.8 Å². The average molecular weight is 605 g/mol. The summed E-state index contributed by atoms with van der Waals surface area (Å²) < 4.78 is 78.6. The normalized spacial score (nSPS) is 18.4. The number of aliphatic hydroxyl groups excluding tert-OH is 1. The van der Waals surface area contributed by atoms with Gasteiger partial charge in [-0.05, 0) is 54.2 Å². The smallest absolute Gasteiger partial charge is 0.306 e. The molecular formula is C28H33F5N2O3S2. The van der Waals surface area contributed by atoms with Crippen LogP contribution in [0.4, 0.5) is 22.0 Å². The second-order valence-corrected chi connectivity index (χ2v) is 11.2. The first kappa shape index (κ1) is 32.1. The Balaban J connectivity index is 0.00000216. The van der Waals surface area contributed by atoms with Gasteiger partial charge in [-0.3, -0.25) is 4.39 Å². The fraction of sp³-hybridized carbons (Fsp3) is 0.464. The first-order valence-corrected chi connectivity index (χ1v) is 14.8. The van der Waals surface area contributed by atoms with Crippen molar-refractivity contribution in [3.05, 3.63) is 64.7 Å². The van der Waals surface area contributed by atoms with E-state index in [1.807, 2.05) is 18.0 Å². The van der Waals surface area contributed by atoms with Gasteiger partial charge in [0.15, 0.2) is 29.5 Å². The highest BCUT2D eigenvalue weighted by molar-refractivity contribution is 8.13. The predicted molar refractivity (Wildman–Crippen MR) is 153 cm³/mol. The summed E-state index contributed by atoms with van der Waals surface area (Å²) in [7, 11) is 0.500. The highest BCUT2D eigenvalue weighted by Crippen LogP contribution is 2.40. The van der Waals surface area contributed by atoms with Gasteiger partial charge in [0.25, 0.3) is 5.92 Å². The number of alkyl halides is 5. The van der Waals surface area contributed by atoms with Crippen LogP contribution in [0.5, 0.6) is 11.5 Å². The third-order valence-electron chi connectivity index (χ3n) is 6.31. The molecule has 0 aromatic heterocycles. The number of hydrogen-bond acceptors (Lipinski definition) is 6. The summed E-state index contributed by atoms with van der Waals surface area (Å²) in [6.45, 7) is 2.92. The quantitative estimate of drug-likeness (QED) is 0.232. The molecule has 0 amide bonds. The third kappa shape index (κ3) is 8.07. The van der Waals surface area contributed by atoms with Gasteiger partial charge in [0.2, 0.25) is 0 Å². The molecule has 40 heavy (non-hydrogen) atoms. The molecule has 1 saturated heterocycles. The molecule has 5 nitrogen and oxygen atoms in total. The molecule has 2 aromatic rings. The highest BCUT2D eigenvalue weighted by Gasteiger charge is 2.38. The van der Waals surface area contributed by atoms with Crippen molar-refractivity contribution in [2.75, 3.05) is 44.6 Å². The van der Waals surface area contributed by atoms with Gasteiger partial charge in [0.05, 0.1) is 7.18 Å². The van der Waals surface area contributed by atoms with Crippen molar-refractivity contribution >= 4 is 34.3 Å². The van der Waals surface area contributed by atoms with Crippen molar-refractivity contribution < 1.29 is 36.5 Å². The number of nitrogens with zero attached hydrogens (tertiary/aromatic N) is 2. The predicted octanol–water partition coefficient (Wildman–Crippen LogP) is 6.94. The van der Waals surface area contributed by atoms with Gasteiger partial charge in [-0.1, -0.05) is 30.0 Å². The Morgan fingerprint density at radius 2 is 1.82 bits per heavy atom. The average Bonchev–Trinajstić information content (AvgIpc) is 2.99. The lowest BCUT2D eigenvalue weighted by molar-refractivity contribution is -0.0475. The summed E-state index contributed by atoms with van der Waals surface area (Å²) in [4.78, 5) is 6.59. The Hall–Kier alpha value is -2.44. The maximum Gasteiger partial charge on any atom is 0.306 e. The second-order valence-electron chi connectivity index (χ2n) is 9.18. The molecule has 4 rings (SSSR count). The lowest BCUT2D eigenvalue weighted by atomic mass is 9.97. The molecule has 1 atom stereocenters. The molecule has 0 radical (unpaired) electrons. The lowest BCUT2D eigenvalue weighted by Crippen LogP contribution is -2.36. The molecule has 1 N–H and O–H groups in total. The molecule has 0 bridgehead atoms. The first-order valence-electron chi connectivity index (χ1n) is 12.5. The molecule has 0 aliphatic carbocycles. The molecule has 1 unspecified atom stereocenters. The van der Waals surface area contributed by atoms with Gasteiger partial charge in [-0.25, -0.2) is 13.8 Å². The first-order chi connectivity index (χ1) is 19.0. The molecule has 12 heteroatoms. The van der Waals surface area contributed by atoms with Crippen LogP contribution in [0, 0.1) is 0 Å². The summed E-state index contributed by atoms with van der Waals surface area (Å²) >= 11 is 3.36. The van der Waals surface area contributed by atoms with E-state index < -0.39 is 35.8 Å². The van der Waals surface area contributed by atoms with E-state index >= 15 is 8.78 Å². The Bertz CT molecular complexity index is 1210. The Labute approximate surface area is 239 Å². The molecule has 2 aromatic carbocycles. The maximum atomic E-state index is 15.1. The number of halogens is 5. The monoisotopic (exact) mass is 604 g/mol. The zero-order valence-corrected chi connectivity index (χ0v) is 24.4. The van der Waals surface area contributed by atoms with E-state index in [-0.39, 0.29) is 23.7 Å². The molecule has 0 spiro atoms. The second kappa shape index (κ2) is 14.0. The van der Waals surface area contributed by atoms with Crippen LogP contribution < -0.4 is 9.47 Å². The van der Waals surface area contributed by atoms with Crippen molar-refractivity contribution in [2.24, 2.45) is 4.99 Å². The number of fused-ring (bicyclic) bond motifs is 2. The minimum Gasteiger partial charge on any atom is -0.485 e. The standard InChI is InChI=1S/C27H30F4N2O3S2.CH3F/c1-17(12-24(34)32-25(37-3)33-8-10-38-11-9-33)18-5-7-22-23(13-18)36-16-27(30,31)21-14-20(26(2,28)29)6-4-19(21)15-35-22;1-2/h4-7,12-14,24,34H,8-11,15-16H2,1-3H3;1H3/b17-12?,32-25-;. The number of hydrogen-bond donors (Lipinski definition) is 1. The SMILES string of the molecule is CF.CS/C(=N\C(O)C=C(C)c1ccc2c(c1)OCC(F)(F)c1cc(C(C)(F)F)ccc1CO2)N1CCSCC1. The van der Waals surface area contributed by atoms with Crippen LogP contribution in [0.15, 0.2) is 47.5 Å². The van der Waals surface area contributed by atoms with E-state index in [1.54, 1.807) is 31.2 Å². The molecule has 2 aliphatic rings. The van der Waals surface area contributed by atoms with Gasteiger partial charge in [0, 0.05) is 42.6 Å². The van der Waals surface area contributed by atoms with Crippen molar-refractivity contribution in [3.63, 3.8) is 0 Å². The van der Waals surface area contributed by atoms with E-state index in [0.29, 0.717) is 25.2 Å². The summed E-state index contributed by atoms with van der Waals surface area (Å²) in [5.74, 6) is -4.41. The minimum absolute atomic E-state index is 0.0948. The van der Waals surface area contributed by atoms with E-state index in [9.17, 15) is 18.3 Å². The number of amidine groups is 1. The summed E-state index contributed by atoms with van der Waals surface area (Å²) in [6.07, 6.45) is 2.42. The number of allylic oxidation sites excluding steroid dienone is 1. The topological polar surface area (TPSA) is 54.3 Å². The number of rotatable bonds is 4. The van der Waals surface area contributed by atoms with Gasteiger partial charge in [-0.15, -0.1) is 0 Å². The van der Waals surface area contributed by atoms with Crippen LogP contribution in [0.3, 0.4) is 0 Å². The third-order valence-corrected chi connectivity index (χ3v) is 7.98. The van der Waals surface area contributed by atoms with Crippen LogP contribution in [0.2, 0.25) is 0 Å². The number of thioether (sulfide) groups is 2. The number of aliphatic hydroxyl groups is 1. The van der Waals surface area contributed by atoms with Gasteiger partial charge < -0.3 is 19.5 Å². The van der Waals surface area contributed by atoms with Crippen LogP contribution >= 0.6 is 23.5 Å². The fourth-order valence-corrected chi connectivity index (χ4v) is 5.75. The zero-order chi connectivity index (χ0) is 29.5. The lowest BCUT2D eigenvalue weighted by Gasteiger charge is -2.28. The summed E-state index contributed by atoms with van der Waals surface area (Å²) in [6, 6.07) is 8.11. The fourth-order valence-electron chi connectivity index (χ4n) is 4.19. The molecule has 0 saturated carbocycles. The van der Waals surface area contributed by atoms with Gasteiger partial charge in [0.1, 0.15) is 6.61 Å². The maximum absolute atomic E-state index is 15.1. The largest absolute Gasteiger partial charge is 0.485 e. The number of benzene rings is 2. The Kier molecular flexibility index (Phi) is 11.2. The summed E-state index contributed by atoms with van der Waals surface area (Å²) in [5.41, 5.74) is 0.374. The van der Waals surface area contributed by atoms with Gasteiger partial charge in [-0.2, -0.15) is 20.5 Å². The Morgan fingerprint density at radius 3 is 2.48 bits per heavy atom. The van der Waals surface area contributed by atoms with E-state index in [4.69, 9.17) is 9.47 Å². The van der Waals surface area contributed by atoms with Crippen LogP contribution in [-0.2, 0) is 18.5 Å². The number of ether oxygens (including phenoxy) is 2. The minimum atomic E-state index is -3.52. The van der Waals surface area contributed by atoms with Crippen molar-refractivity contribution in [2.45, 2.75) is 38.5 Å². The molecular weight excluding hydrogens is 571 g/mol. The van der Waals surface area contributed by atoms with Crippen LogP contribution in [0.25, 0.3) is 5.57 Å². The molecule has 2 heterocycles. The van der Waals surface area contributed by atoms with Crippen molar-refractivity contribution in [1.29, 1.82) is 0 Å². The zero-order valence-electron chi connectivity index (χ0n) is 22.7. The van der Waals surface area contributed by atoms with Crippen LogP contribution in [0.1, 0.15) is 36.1 Å². The van der Waals surface area contributed by atoms with E-state index in [2.05, 4.69) is 9.89 Å². The van der Waals surface area contributed by atoms with Gasteiger partial charge >= 0.3 is 5.92 Å². The van der Waals surface area contributed by atoms with Crippen molar-refractivity contribution in [3.8, 4) is 11.5 Å². The highest BCUT2D eigenvalue weighted by atomic mass is 32.2. The molecule has 1 fully saturated rings.